The number of carbonyl (C=O) groups excluding carboxylic acids is 1. The fraction of sp³-hybridized carbons (Fsp3) is 0.125. The predicted octanol–water partition coefficient (Wildman–Crippen LogP) is 2.82. The Hall–Kier alpha value is -2.40. The van der Waals surface area contributed by atoms with Gasteiger partial charge in [-0.2, -0.15) is 0 Å². The fourth-order valence-electron chi connectivity index (χ4n) is 2.13. The summed E-state index contributed by atoms with van der Waals surface area (Å²) in [5.74, 6) is -1.69. The lowest BCUT2D eigenvalue weighted by molar-refractivity contribution is -0.121. The van der Waals surface area contributed by atoms with Crippen LogP contribution in [0, 0.1) is 11.2 Å². The molecular weight excluding hydrogens is 305 g/mol. The van der Waals surface area contributed by atoms with Crippen LogP contribution in [0.2, 0.25) is 5.02 Å². The van der Waals surface area contributed by atoms with E-state index in [0.29, 0.717) is 11.4 Å². The SMILES string of the molecule is N=C(N)NC(=O)C(Cc1ccc(F)cc1)c1ccc(Cl)cc1. The van der Waals surface area contributed by atoms with Crippen molar-refractivity contribution in [2.75, 3.05) is 0 Å². The van der Waals surface area contributed by atoms with Gasteiger partial charge in [0.1, 0.15) is 5.82 Å². The van der Waals surface area contributed by atoms with E-state index in [2.05, 4.69) is 5.32 Å². The highest BCUT2D eigenvalue weighted by Crippen LogP contribution is 2.23. The maximum atomic E-state index is 13.0. The third-order valence-corrected chi connectivity index (χ3v) is 3.45. The summed E-state index contributed by atoms with van der Waals surface area (Å²) < 4.78 is 13.0. The summed E-state index contributed by atoms with van der Waals surface area (Å²) in [6.45, 7) is 0. The minimum Gasteiger partial charge on any atom is -0.370 e. The van der Waals surface area contributed by atoms with E-state index in [-0.39, 0.29) is 11.7 Å². The first-order valence-corrected chi connectivity index (χ1v) is 6.98. The molecule has 6 heteroatoms. The minimum atomic E-state index is -0.549. The van der Waals surface area contributed by atoms with E-state index in [9.17, 15) is 9.18 Å². The van der Waals surface area contributed by atoms with Crippen LogP contribution in [0.15, 0.2) is 48.5 Å². The monoisotopic (exact) mass is 319 g/mol. The molecule has 0 aliphatic heterocycles. The molecule has 1 atom stereocenters. The second kappa shape index (κ2) is 7.04. The van der Waals surface area contributed by atoms with E-state index in [4.69, 9.17) is 22.7 Å². The Morgan fingerprint density at radius 1 is 1.18 bits per heavy atom. The molecule has 1 unspecified atom stereocenters. The summed E-state index contributed by atoms with van der Waals surface area (Å²) in [5, 5.41) is 10.1. The number of rotatable bonds is 4. The van der Waals surface area contributed by atoms with Crippen molar-refractivity contribution in [1.82, 2.24) is 5.32 Å². The lowest BCUT2D eigenvalue weighted by atomic mass is 9.91. The van der Waals surface area contributed by atoms with Gasteiger partial charge in [0.15, 0.2) is 5.96 Å². The topological polar surface area (TPSA) is 79.0 Å². The van der Waals surface area contributed by atoms with Gasteiger partial charge in [-0.25, -0.2) is 4.39 Å². The van der Waals surface area contributed by atoms with E-state index >= 15 is 0 Å². The maximum absolute atomic E-state index is 13.0. The molecule has 22 heavy (non-hydrogen) atoms. The van der Waals surface area contributed by atoms with Crippen LogP contribution in [-0.2, 0) is 11.2 Å². The summed E-state index contributed by atoms with van der Waals surface area (Å²) in [5.41, 5.74) is 6.78. The highest BCUT2D eigenvalue weighted by molar-refractivity contribution is 6.30. The van der Waals surface area contributed by atoms with Crippen molar-refractivity contribution >= 4 is 23.5 Å². The standard InChI is InChI=1S/C16H15ClFN3O/c17-12-5-3-11(4-6-12)14(15(22)21-16(19)20)9-10-1-7-13(18)8-2-10/h1-8,14H,9H2,(H4,19,20,21,22). The lowest BCUT2D eigenvalue weighted by Crippen LogP contribution is -2.39. The van der Waals surface area contributed by atoms with Crippen molar-refractivity contribution in [3.8, 4) is 0 Å². The van der Waals surface area contributed by atoms with E-state index in [1.54, 1.807) is 36.4 Å². The van der Waals surface area contributed by atoms with Crippen molar-refractivity contribution in [1.29, 1.82) is 5.41 Å². The molecule has 4 nitrogen and oxygen atoms in total. The molecule has 114 valence electrons. The predicted molar refractivity (Wildman–Crippen MR) is 84.4 cm³/mol. The van der Waals surface area contributed by atoms with Crippen molar-refractivity contribution in [3.05, 3.63) is 70.5 Å². The van der Waals surface area contributed by atoms with Crippen LogP contribution in [-0.4, -0.2) is 11.9 Å². The molecule has 0 radical (unpaired) electrons. The molecule has 0 aliphatic rings. The zero-order valence-corrected chi connectivity index (χ0v) is 12.4. The number of hydrogen-bond donors (Lipinski definition) is 3. The van der Waals surface area contributed by atoms with Crippen LogP contribution >= 0.6 is 11.6 Å². The number of nitrogens with one attached hydrogen (secondary N) is 2. The Morgan fingerprint density at radius 3 is 2.32 bits per heavy atom. The molecule has 1 amide bonds. The molecule has 0 fully saturated rings. The first-order valence-electron chi connectivity index (χ1n) is 6.60. The van der Waals surface area contributed by atoms with Gasteiger partial charge in [0.05, 0.1) is 5.92 Å². The second-order valence-electron chi connectivity index (χ2n) is 4.84. The third kappa shape index (κ3) is 4.30. The number of carbonyl (C=O) groups is 1. The minimum absolute atomic E-state index is 0.333. The first-order chi connectivity index (χ1) is 10.5. The number of nitrogens with two attached hydrogens (primary N) is 1. The average Bonchev–Trinajstić information content (AvgIpc) is 2.47. The molecule has 0 aliphatic carbocycles. The fourth-order valence-corrected chi connectivity index (χ4v) is 2.26. The summed E-state index contributed by atoms with van der Waals surface area (Å²) in [7, 11) is 0. The van der Waals surface area contributed by atoms with Crippen LogP contribution in [0.25, 0.3) is 0 Å². The normalized spacial score (nSPS) is 11.7. The highest BCUT2D eigenvalue weighted by Gasteiger charge is 2.21. The average molecular weight is 320 g/mol. The van der Waals surface area contributed by atoms with Crippen LogP contribution in [0.3, 0.4) is 0 Å². The van der Waals surface area contributed by atoms with Gasteiger partial charge in [0.25, 0.3) is 0 Å². The van der Waals surface area contributed by atoms with Crippen LogP contribution < -0.4 is 11.1 Å². The Kier molecular flexibility index (Phi) is 5.12. The largest absolute Gasteiger partial charge is 0.370 e. The summed E-state index contributed by atoms with van der Waals surface area (Å²) >= 11 is 5.86. The van der Waals surface area contributed by atoms with Crippen molar-refractivity contribution in [2.24, 2.45) is 5.73 Å². The third-order valence-electron chi connectivity index (χ3n) is 3.20. The second-order valence-corrected chi connectivity index (χ2v) is 5.27. The molecule has 0 aromatic heterocycles. The summed E-state index contributed by atoms with van der Waals surface area (Å²) in [6, 6.07) is 12.8. The lowest BCUT2D eigenvalue weighted by Gasteiger charge is -2.17. The molecule has 2 rings (SSSR count). The smallest absolute Gasteiger partial charge is 0.234 e. The number of hydrogen-bond acceptors (Lipinski definition) is 2. The molecule has 0 bridgehead atoms. The molecule has 0 saturated carbocycles. The summed E-state index contributed by atoms with van der Waals surface area (Å²) in [4.78, 5) is 12.3. The molecule has 4 N–H and O–H groups in total. The number of halogens is 2. The van der Waals surface area contributed by atoms with Gasteiger partial charge in [0, 0.05) is 5.02 Å². The highest BCUT2D eigenvalue weighted by atomic mass is 35.5. The Bertz CT molecular complexity index is 671. The number of guanidine groups is 1. The zero-order chi connectivity index (χ0) is 16.1. The van der Waals surface area contributed by atoms with Gasteiger partial charge in [-0.15, -0.1) is 0 Å². The molecule has 0 heterocycles. The van der Waals surface area contributed by atoms with E-state index in [1.807, 2.05) is 0 Å². The molecule has 2 aromatic carbocycles. The maximum Gasteiger partial charge on any atom is 0.234 e. The van der Waals surface area contributed by atoms with Crippen molar-refractivity contribution < 1.29 is 9.18 Å². The van der Waals surface area contributed by atoms with Gasteiger partial charge in [-0.05, 0) is 41.8 Å². The van der Waals surface area contributed by atoms with Gasteiger partial charge in [-0.3, -0.25) is 15.5 Å². The Morgan fingerprint density at radius 2 is 1.77 bits per heavy atom. The molecular formula is C16H15ClFN3O. The van der Waals surface area contributed by atoms with E-state index in [1.165, 1.54) is 12.1 Å². The van der Waals surface area contributed by atoms with Crippen molar-refractivity contribution in [3.63, 3.8) is 0 Å². The van der Waals surface area contributed by atoms with Gasteiger partial charge >= 0.3 is 0 Å². The molecule has 2 aromatic rings. The molecule has 0 saturated heterocycles. The zero-order valence-electron chi connectivity index (χ0n) is 11.6. The van der Waals surface area contributed by atoms with Gasteiger partial charge in [-0.1, -0.05) is 35.9 Å². The van der Waals surface area contributed by atoms with Crippen molar-refractivity contribution in [2.45, 2.75) is 12.3 Å². The van der Waals surface area contributed by atoms with Gasteiger partial charge < -0.3 is 5.73 Å². The Labute approximate surface area is 132 Å². The number of benzene rings is 2. The molecule has 0 spiro atoms. The van der Waals surface area contributed by atoms with Crippen LogP contribution in [0.4, 0.5) is 4.39 Å². The van der Waals surface area contributed by atoms with Crippen LogP contribution in [0.1, 0.15) is 17.0 Å². The van der Waals surface area contributed by atoms with E-state index < -0.39 is 11.9 Å². The van der Waals surface area contributed by atoms with Crippen LogP contribution in [0.5, 0.6) is 0 Å². The first kappa shape index (κ1) is 16.0. The number of amides is 1. The summed E-state index contributed by atoms with van der Waals surface area (Å²) in [6.07, 6.45) is 0.362. The van der Waals surface area contributed by atoms with Gasteiger partial charge in [0.2, 0.25) is 5.91 Å². The van der Waals surface area contributed by atoms with E-state index in [0.717, 1.165) is 11.1 Å². The Balaban J connectivity index is 2.28. The quantitative estimate of drug-likeness (QED) is 0.598.